The summed E-state index contributed by atoms with van der Waals surface area (Å²) in [7, 11) is 1.71. The summed E-state index contributed by atoms with van der Waals surface area (Å²) in [5, 5.41) is 16.6. The van der Waals surface area contributed by atoms with Gasteiger partial charge in [-0.05, 0) is 13.3 Å². The fraction of sp³-hybridized carbons (Fsp3) is 0.348. The van der Waals surface area contributed by atoms with Crippen LogP contribution in [-0.4, -0.2) is 65.4 Å². The number of pyridine rings is 2. The number of aryl methyl sites for hydroxylation is 2. The number of rotatable bonds is 8. The molecular formula is C23H23FN8O5S. The van der Waals surface area contributed by atoms with Crippen LogP contribution in [0.5, 0.6) is 5.88 Å². The fourth-order valence-corrected chi connectivity index (χ4v) is 4.67. The standard InChI is InChI=1S/C23H23FN8O5S/c1-4-5-37-15-6-14(29-30(15)3)27-21(34)12-7-31(8-12)20-17(24)11(2)16-18(33)13(22(35)36)9-32(19(16)28-20)23-25-10-26-38-23/h6,9-10,12H,4-5,7-8H2,1-3H3,(H,35,36)(H,27,29,34). The van der Waals surface area contributed by atoms with Crippen molar-refractivity contribution < 1.29 is 23.8 Å². The van der Waals surface area contributed by atoms with Crippen molar-refractivity contribution in [2.45, 2.75) is 20.3 Å². The molecular weight excluding hydrogens is 519 g/mol. The van der Waals surface area contributed by atoms with E-state index < -0.39 is 28.7 Å². The molecule has 1 saturated heterocycles. The minimum absolute atomic E-state index is 0.0441. The number of anilines is 2. The Morgan fingerprint density at radius 3 is 2.76 bits per heavy atom. The van der Waals surface area contributed by atoms with Crippen molar-refractivity contribution in [3.63, 3.8) is 0 Å². The van der Waals surface area contributed by atoms with E-state index in [0.717, 1.165) is 24.2 Å². The Morgan fingerprint density at radius 2 is 2.11 bits per heavy atom. The molecule has 13 nitrogen and oxygen atoms in total. The lowest BCUT2D eigenvalue weighted by atomic mass is 9.98. The summed E-state index contributed by atoms with van der Waals surface area (Å²) in [6.07, 6.45) is 3.22. The first-order chi connectivity index (χ1) is 18.2. The second-order valence-electron chi connectivity index (χ2n) is 8.77. The zero-order chi connectivity index (χ0) is 27.1. The minimum Gasteiger partial charge on any atom is -0.478 e. The molecule has 4 aromatic heterocycles. The van der Waals surface area contributed by atoms with Crippen molar-refractivity contribution in [1.82, 2.24) is 28.7 Å². The van der Waals surface area contributed by atoms with E-state index in [2.05, 4.69) is 24.8 Å². The Balaban J connectivity index is 1.42. The number of nitrogens with zero attached hydrogens (tertiary/aromatic N) is 7. The van der Waals surface area contributed by atoms with Gasteiger partial charge in [0.2, 0.25) is 22.3 Å². The van der Waals surface area contributed by atoms with E-state index in [-0.39, 0.29) is 46.5 Å². The molecule has 0 unspecified atom stereocenters. The number of carboxylic acid groups (broad SMARTS) is 1. The Morgan fingerprint density at radius 1 is 1.34 bits per heavy atom. The van der Waals surface area contributed by atoms with Crippen LogP contribution in [0, 0.1) is 18.7 Å². The van der Waals surface area contributed by atoms with Crippen LogP contribution in [0.3, 0.4) is 0 Å². The van der Waals surface area contributed by atoms with E-state index in [1.54, 1.807) is 18.0 Å². The number of carboxylic acids is 1. The van der Waals surface area contributed by atoms with Gasteiger partial charge < -0.3 is 20.1 Å². The van der Waals surface area contributed by atoms with Crippen molar-refractivity contribution in [3.05, 3.63) is 45.8 Å². The van der Waals surface area contributed by atoms with Crippen LogP contribution in [0.4, 0.5) is 16.0 Å². The molecule has 0 atom stereocenters. The highest BCUT2D eigenvalue weighted by Crippen LogP contribution is 2.32. The van der Waals surface area contributed by atoms with Gasteiger partial charge in [-0.1, -0.05) is 6.92 Å². The number of carbonyl (C=O) groups excluding carboxylic acids is 1. The van der Waals surface area contributed by atoms with Crippen molar-refractivity contribution in [2.24, 2.45) is 13.0 Å². The first-order valence-electron chi connectivity index (χ1n) is 11.7. The van der Waals surface area contributed by atoms with Crippen LogP contribution in [-0.2, 0) is 11.8 Å². The molecule has 0 spiro atoms. The summed E-state index contributed by atoms with van der Waals surface area (Å²) in [6, 6.07) is 1.63. The van der Waals surface area contributed by atoms with Gasteiger partial charge in [0.1, 0.15) is 11.9 Å². The van der Waals surface area contributed by atoms with E-state index in [1.807, 2.05) is 6.92 Å². The Bertz CT molecular complexity index is 1610. The molecule has 0 aliphatic carbocycles. The molecule has 15 heteroatoms. The molecule has 0 aromatic carbocycles. The fourth-order valence-electron chi connectivity index (χ4n) is 4.16. The predicted molar refractivity (Wildman–Crippen MR) is 136 cm³/mol. The number of amides is 1. The van der Waals surface area contributed by atoms with Gasteiger partial charge >= 0.3 is 5.97 Å². The molecule has 2 N–H and O–H groups in total. The predicted octanol–water partition coefficient (Wildman–Crippen LogP) is 1.98. The van der Waals surface area contributed by atoms with Crippen molar-refractivity contribution >= 4 is 46.1 Å². The average molecular weight is 543 g/mol. The molecule has 1 aliphatic rings. The van der Waals surface area contributed by atoms with Crippen molar-refractivity contribution in [1.29, 1.82) is 0 Å². The van der Waals surface area contributed by atoms with Crippen LogP contribution in [0.1, 0.15) is 29.3 Å². The average Bonchev–Trinajstić information content (AvgIpc) is 3.49. The lowest BCUT2D eigenvalue weighted by molar-refractivity contribution is -0.120. The molecule has 0 saturated carbocycles. The summed E-state index contributed by atoms with van der Waals surface area (Å²) < 4.78 is 27.8. The van der Waals surface area contributed by atoms with Crippen molar-refractivity contribution in [2.75, 3.05) is 29.9 Å². The molecule has 0 bridgehead atoms. The minimum atomic E-state index is -1.45. The van der Waals surface area contributed by atoms with Crippen LogP contribution in [0.2, 0.25) is 0 Å². The number of aromatic carboxylic acids is 1. The molecule has 38 heavy (non-hydrogen) atoms. The lowest BCUT2D eigenvalue weighted by Gasteiger charge is -2.39. The van der Waals surface area contributed by atoms with Gasteiger partial charge in [-0.2, -0.15) is 9.47 Å². The third-order valence-corrected chi connectivity index (χ3v) is 6.84. The van der Waals surface area contributed by atoms with E-state index >= 15 is 4.39 Å². The summed E-state index contributed by atoms with van der Waals surface area (Å²) in [4.78, 5) is 47.4. The van der Waals surface area contributed by atoms with Gasteiger partial charge in [-0.25, -0.2) is 23.8 Å². The normalized spacial score (nSPS) is 13.5. The van der Waals surface area contributed by atoms with Crippen LogP contribution in [0.25, 0.3) is 16.2 Å². The number of nitrogens with one attached hydrogen (secondary N) is 1. The second kappa shape index (κ2) is 9.81. The molecule has 5 heterocycles. The third kappa shape index (κ3) is 4.34. The van der Waals surface area contributed by atoms with Gasteiger partial charge in [-0.3, -0.25) is 14.2 Å². The topological polar surface area (TPSA) is 157 Å². The van der Waals surface area contributed by atoms with Crippen LogP contribution in [0.15, 0.2) is 23.4 Å². The first kappa shape index (κ1) is 25.3. The summed E-state index contributed by atoms with van der Waals surface area (Å²) >= 11 is 0.963. The molecule has 198 valence electrons. The Labute approximate surface area is 218 Å². The largest absolute Gasteiger partial charge is 0.478 e. The third-order valence-electron chi connectivity index (χ3n) is 6.17. The molecule has 5 rings (SSSR count). The number of fused-ring (bicyclic) bond motifs is 1. The molecule has 0 radical (unpaired) electrons. The quantitative estimate of drug-likeness (QED) is 0.337. The smallest absolute Gasteiger partial charge is 0.341 e. The summed E-state index contributed by atoms with van der Waals surface area (Å²) in [5.74, 6) is -2.11. The highest BCUT2D eigenvalue weighted by atomic mass is 32.1. The van der Waals surface area contributed by atoms with Crippen LogP contribution < -0.4 is 20.4 Å². The highest BCUT2D eigenvalue weighted by Gasteiger charge is 2.36. The molecule has 1 fully saturated rings. The number of hydrogen-bond acceptors (Lipinski definition) is 10. The monoisotopic (exact) mass is 542 g/mol. The zero-order valence-corrected chi connectivity index (χ0v) is 21.5. The Kier molecular flexibility index (Phi) is 6.52. The maximum Gasteiger partial charge on any atom is 0.341 e. The molecule has 1 aliphatic heterocycles. The van der Waals surface area contributed by atoms with Crippen molar-refractivity contribution in [3.8, 4) is 11.0 Å². The number of hydrogen-bond donors (Lipinski definition) is 2. The highest BCUT2D eigenvalue weighted by molar-refractivity contribution is 7.08. The number of aromatic nitrogens is 6. The Hall–Kier alpha value is -4.40. The van der Waals surface area contributed by atoms with E-state index in [0.29, 0.717) is 18.3 Å². The lowest BCUT2D eigenvalue weighted by Crippen LogP contribution is -2.53. The van der Waals surface area contributed by atoms with Gasteiger partial charge in [0, 0.05) is 49.5 Å². The van der Waals surface area contributed by atoms with E-state index in [9.17, 15) is 19.5 Å². The molecule has 1 amide bonds. The number of halogens is 1. The SMILES string of the molecule is CCCOc1cc(NC(=O)C2CN(c3nc4c(c(C)c3F)c(=O)c(C(=O)O)cn4-c3ncns3)C2)nn1C. The van der Waals surface area contributed by atoms with Gasteiger partial charge in [0.25, 0.3) is 0 Å². The van der Waals surface area contributed by atoms with E-state index in [4.69, 9.17) is 4.74 Å². The first-order valence-corrected chi connectivity index (χ1v) is 12.4. The van der Waals surface area contributed by atoms with Gasteiger partial charge in [0.05, 0.1) is 17.9 Å². The maximum atomic E-state index is 15.5. The zero-order valence-electron chi connectivity index (χ0n) is 20.6. The number of ether oxygens (including phenoxy) is 1. The summed E-state index contributed by atoms with van der Waals surface area (Å²) in [5.41, 5.74) is -1.38. The second-order valence-corrected chi connectivity index (χ2v) is 9.53. The number of carbonyl (C=O) groups is 2. The molecule has 4 aromatic rings. The van der Waals surface area contributed by atoms with Gasteiger partial charge in [0.15, 0.2) is 23.1 Å². The van der Waals surface area contributed by atoms with E-state index in [1.165, 1.54) is 22.5 Å². The maximum absolute atomic E-state index is 15.5. The summed E-state index contributed by atoms with van der Waals surface area (Å²) in [6.45, 7) is 4.27. The van der Waals surface area contributed by atoms with Gasteiger partial charge in [-0.15, -0.1) is 0 Å². The van der Waals surface area contributed by atoms with Crippen LogP contribution >= 0.6 is 11.5 Å².